The molecule has 0 aromatic heterocycles. The van der Waals surface area contributed by atoms with Crippen LogP contribution in [0, 0.1) is 0 Å². The third kappa shape index (κ3) is 3.31. The van der Waals surface area contributed by atoms with Crippen LogP contribution >= 0.6 is 15.9 Å². The SMILES string of the molecule is COc1cc(CCCCN)ccc1Br. The fourth-order valence-electron chi connectivity index (χ4n) is 1.33. The fourth-order valence-corrected chi connectivity index (χ4v) is 1.74. The number of methoxy groups -OCH3 is 1. The first-order valence-corrected chi connectivity index (χ1v) is 5.59. The van der Waals surface area contributed by atoms with Gasteiger partial charge in [0.05, 0.1) is 11.6 Å². The zero-order chi connectivity index (χ0) is 10.4. The van der Waals surface area contributed by atoms with Crippen molar-refractivity contribution in [2.24, 2.45) is 5.73 Å². The average molecular weight is 258 g/mol. The summed E-state index contributed by atoms with van der Waals surface area (Å²) in [6.07, 6.45) is 3.29. The van der Waals surface area contributed by atoms with Crippen LogP contribution in [0.3, 0.4) is 0 Å². The van der Waals surface area contributed by atoms with Crippen molar-refractivity contribution in [3.05, 3.63) is 28.2 Å². The van der Waals surface area contributed by atoms with Crippen LogP contribution in [0.2, 0.25) is 0 Å². The molecule has 0 unspecified atom stereocenters. The third-order valence-corrected chi connectivity index (χ3v) is 2.79. The Morgan fingerprint density at radius 2 is 2.14 bits per heavy atom. The van der Waals surface area contributed by atoms with Gasteiger partial charge in [-0.05, 0) is 59.4 Å². The molecule has 2 N–H and O–H groups in total. The van der Waals surface area contributed by atoms with E-state index in [9.17, 15) is 0 Å². The second-order valence-electron chi connectivity index (χ2n) is 3.21. The molecule has 0 heterocycles. The van der Waals surface area contributed by atoms with E-state index in [0.29, 0.717) is 0 Å². The minimum absolute atomic E-state index is 0.771. The van der Waals surface area contributed by atoms with Gasteiger partial charge in [0, 0.05) is 0 Å². The van der Waals surface area contributed by atoms with Crippen LogP contribution in [0.4, 0.5) is 0 Å². The van der Waals surface area contributed by atoms with Crippen LogP contribution in [0.15, 0.2) is 22.7 Å². The molecule has 1 rings (SSSR count). The van der Waals surface area contributed by atoms with E-state index in [1.165, 1.54) is 5.56 Å². The molecule has 2 nitrogen and oxygen atoms in total. The van der Waals surface area contributed by atoms with Gasteiger partial charge < -0.3 is 10.5 Å². The summed E-state index contributed by atoms with van der Waals surface area (Å²) in [4.78, 5) is 0. The Bertz CT molecular complexity index is 289. The predicted octanol–water partition coefficient (Wildman–Crippen LogP) is 2.74. The lowest BCUT2D eigenvalue weighted by Gasteiger charge is -2.06. The smallest absolute Gasteiger partial charge is 0.133 e. The highest BCUT2D eigenvalue weighted by Gasteiger charge is 2.00. The second kappa shape index (κ2) is 6.04. The molecule has 0 aliphatic carbocycles. The number of benzene rings is 1. The number of ether oxygens (including phenoxy) is 1. The molecular formula is C11H16BrNO. The minimum Gasteiger partial charge on any atom is -0.496 e. The van der Waals surface area contributed by atoms with Gasteiger partial charge in [-0.3, -0.25) is 0 Å². The summed E-state index contributed by atoms with van der Waals surface area (Å²) in [5, 5.41) is 0. The summed E-state index contributed by atoms with van der Waals surface area (Å²) in [7, 11) is 1.68. The Balaban J connectivity index is 2.60. The molecule has 0 atom stereocenters. The topological polar surface area (TPSA) is 35.2 Å². The molecule has 1 aromatic carbocycles. The summed E-state index contributed by atoms with van der Waals surface area (Å²) < 4.78 is 6.22. The van der Waals surface area contributed by atoms with E-state index in [2.05, 4.69) is 28.1 Å². The maximum absolute atomic E-state index is 5.44. The van der Waals surface area contributed by atoms with Gasteiger partial charge in [-0.25, -0.2) is 0 Å². The number of unbranched alkanes of at least 4 members (excludes halogenated alkanes) is 1. The van der Waals surface area contributed by atoms with Crippen LogP contribution in [0.1, 0.15) is 18.4 Å². The van der Waals surface area contributed by atoms with Crippen LogP contribution in [-0.4, -0.2) is 13.7 Å². The van der Waals surface area contributed by atoms with E-state index < -0.39 is 0 Å². The Hall–Kier alpha value is -0.540. The van der Waals surface area contributed by atoms with Crippen molar-refractivity contribution in [2.45, 2.75) is 19.3 Å². The second-order valence-corrected chi connectivity index (χ2v) is 4.07. The molecule has 1 aromatic rings. The normalized spacial score (nSPS) is 10.2. The highest BCUT2D eigenvalue weighted by atomic mass is 79.9. The maximum atomic E-state index is 5.44. The lowest BCUT2D eigenvalue weighted by molar-refractivity contribution is 0.411. The first kappa shape index (κ1) is 11.5. The number of hydrogen-bond acceptors (Lipinski definition) is 2. The summed E-state index contributed by atoms with van der Waals surface area (Å²) in [5.74, 6) is 0.898. The fraction of sp³-hybridized carbons (Fsp3) is 0.455. The van der Waals surface area contributed by atoms with Gasteiger partial charge in [0.2, 0.25) is 0 Å². The van der Waals surface area contributed by atoms with Crippen molar-refractivity contribution in [2.75, 3.05) is 13.7 Å². The average Bonchev–Trinajstić information content (AvgIpc) is 2.21. The minimum atomic E-state index is 0.771. The van der Waals surface area contributed by atoms with Crippen LogP contribution in [0.5, 0.6) is 5.75 Å². The number of hydrogen-bond donors (Lipinski definition) is 1. The number of rotatable bonds is 5. The predicted molar refractivity (Wildman–Crippen MR) is 62.7 cm³/mol. The molecule has 0 aliphatic rings. The molecule has 0 radical (unpaired) electrons. The zero-order valence-electron chi connectivity index (χ0n) is 8.42. The molecule has 0 saturated heterocycles. The van der Waals surface area contributed by atoms with Gasteiger partial charge >= 0.3 is 0 Å². The summed E-state index contributed by atoms with van der Waals surface area (Å²) in [6, 6.07) is 6.21. The monoisotopic (exact) mass is 257 g/mol. The largest absolute Gasteiger partial charge is 0.496 e. The Morgan fingerprint density at radius 3 is 2.79 bits per heavy atom. The van der Waals surface area contributed by atoms with Crippen molar-refractivity contribution in [3.8, 4) is 5.75 Å². The van der Waals surface area contributed by atoms with E-state index in [1.807, 2.05) is 6.07 Å². The molecule has 3 heteroatoms. The van der Waals surface area contributed by atoms with Crippen LogP contribution < -0.4 is 10.5 Å². The number of nitrogens with two attached hydrogens (primary N) is 1. The number of halogens is 1. The molecule has 78 valence electrons. The first-order valence-electron chi connectivity index (χ1n) is 4.80. The van der Waals surface area contributed by atoms with Gasteiger partial charge in [0.15, 0.2) is 0 Å². The molecule has 0 fully saturated rings. The summed E-state index contributed by atoms with van der Waals surface area (Å²) >= 11 is 3.43. The lowest BCUT2D eigenvalue weighted by atomic mass is 10.1. The van der Waals surface area contributed by atoms with E-state index in [-0.39, 0.29) is 0 Å². The van der Waals surface area contributed by atoms with Crippen molar-refractivity contribution in [1.29, 1.82) is 0 Å². The van der Waals surface area contributed by atoms with E-state index in [1.54, 1.807) is 7.11 Å². The molecule has 0 aliphatic heterocycles. The Labute approximate surface area is 93.6 Å². The first-order chi connectivity index (χ1) is 6.77. The Morgan fingerprint density at radius 1 is 1.36 bits per heavy atom. The summed E-state index contributed by atoms with van der Waals surface area (Å²) in [6.45, 7) is 0.771. The molecule has 0 amide bonds. The quantitative estimate of drug-likeness (QED) is 0.824. The third-order valence-electron chi connectivity index (χ3n) is 2.14. The van der Waals surface area contributed by atoms with Gasteiger partial charge in [-0.15, -0.1) is 0 Å². The molecule has 0 spiro atoms. The maximum Gasteiger partial charge on any atom is 0.133 e. The van der Waals surface area contributed by atoms with Crippen molar-refractivity contribution < 1.29 is 4.74 Å². The summed E-state index contributed by atoms with van der Waals surface area (Å²) in [5.41, 5.74) is 6.74. The van der Waals surface area contributed by atoms with Crippen LogP contribution in [-0.2, 0) is 6.42 Å². The van der Waals surface area contributed by atoms with E-state index >= 15 is 0 Å². The lowest BCUT2D eigenvalue weighted by Crippen LogP contribution is -1.99. The van der Waals surface area contributed by atoms with Crippen molar-refractivity contribution in [3.63, 3.8) is 0 Å². The number of aryl methyl sites for hydroxylation is 1. The molecule has 0 bridgehead atoms. The van der Waals surface area contributed by atoms with Gasteiger partial charge in [-0.1, -0.05) is 6.07 Å². The molecular weight excluding hydrogens is 242 g/mol. The van der Waals surface area contributed by atoms with E-state index in [0.717, 1.165) is 36.0 Å². The van der Waals surface area contributed by atoms with E-state index in [4.69, 9.17) is 10.5 Å². The van der Waals surface area contributed by atoms with Crippen molar-refractivity contribution >= 4 is 15.9 Å². The zero-order valence-corrected chi connectivity index (χ0v) is 10.0. The Kier molecular flexibility index (Phi) is 4.98. The van der Waals surface area contributed by atoms with Gasteiger partial charge in [-0.2, -0.15) is 0 Å². The standard InChI is InChI=1S/C11H16BrNO/c1-14-11-8-9(4-2-3-7-13)5-6-10(11)12/h5-6,8H,2-4,7,13H2,1H3. The van der Waals surface area contributed by atoms with Gasteiger partial charge in [0.1, 0.15) is 5.75 Å². The highest BCUT2D eigenvalue weighted by Crippen LogP contribution is 2.26. The van der Waals surface area contributed by atoms with Gasteiger partial charge in [0.25, 0.3) is 0 Å². The molecule has 14 heavy (non-hydrogen) atoms. The van der Waals surface area contributed by atoms with Crippen molar-refractivity contribution in [1.82, 2.24) is 0 Å². The molecule has 0 saturated carbocycles. The highest BCUT2D eigenvalue weighted by molar-refractivity contribution is 9.10. The van der Waals surface area contributed by atoms with Crippen LogP contribution in [0.25, 0.3) is 0 Å².